The topological polar surface area (TPSA) is 47.3 Å². The lowest BCUT2D eigenvalue weighted by Gasteiger charge is -2.17. The number of nitrogens with one attached hydrogen (secondary N) is 1. The van der Waals surface area contributed by atoms with Gasteiger partial charge in [0.25, 0.3) is 0 Å². The smallest absolute Gasteiger partial charge is 0.122 e. The fraction of sp³-hybridized carbons (Fsp3) is 0.333. The first kappa shape index (κ1) is 14.1. The molecule has 102 valence electrons. The van der Waals surface area contributed by atoms with Crippen LogP contribution in [0.25, 0.3) is 0 Å². The van der Waals surface area contributed by atoms with Gasteiger partial charge in [0.2, 0.25) is 0 Å². The Bertz CT molecular complexity index is 511. The van der Waals surface area contributed by atoms with Crippen molar-refractivity contribution in [3.8, 4) is 5.75 Å². The predicted octanol–water partition coefficient (Wildman–Crippen LogP) is 3.20. The van der Waals surface area contributed by atoms with Crippen LogP contribution in [0.1, 0.15) is 28.5 Å². The minimum absolute atomic E-state index is 0.150. The number of hydrogen-bond donors (Lipinski definition) is 2. The number of aryl methyl sites for hydroxylation is 2. The van der Waals surface area contributed by atoms with Crippen LogP contribution >= 0.6 is 11.3 Å². The third kappa shape index (κ3) is 3.56. The first-order valence-electron chi connectivity index (χ1n) is 6.37. The van der Waals surface area contributed by atoms with Gasteiger partial charge in [0.15, 0.2) is 0 Å². The Morgan fingerprint density at radius 1 is 1.37 bits per heavy atom. The zero-order chi connectivity index (χ0) is 13.7. The van der Waals surface area contributed by atoms with Gasteiger partial charge in [-0.15, -0.1) is 11.3 Å². The molecule has 0 aliphatic carbocycles. The standard InChI is InChI=1S/C15H20N2OS/c1-11-5-6-12(10-15(11)18-2)14(17-16)8-7-13-4-3-9-19-13/h3-6,9-10,14,17H,7-8,16H2,1-2H3. The largest absolute Gasteiger partial charge is 0.496 e. The van der Waals surface area contributed by atoms with E-state index in [0.29, 0.717) is 0 Å². The average Bonchev–Trinajstić information content (AvgIpc) is 2.94. The maximum absolute atomic E-state index is 5.69. The summed E-state index contributed by atoms with van der Waals surface area (Å²) < 4.78 is 5.36. The van der Waals surface area contributed by atoms with Crippen molar-refractivity contribution >= 4 is 11.3 Å². The van der Waals surface area contributed by atoms with E-state index in [1.54, 1.807) is 18.4 Å². The number of hydrazine groups is 1. The molecule has 0 aliphatic heterocycles. The molecule has 3 nitrogen and oxygen atoms in total. The van der Waals surface area contributed by atoms with Crippen LogP contribution in [0.4, 0.5) is 0 Å². The third-order valence-corrected chi connectivity index (χ3v) is 4.23. The van der Waals surface area contributed by atoms with Crippen molar-refractivity contribution in [1.29, 1.82) is 0 Å². The molecule has 0 amide bonds. The summed E-state index contributed by atoms with van der Waals surface area (Å²) in [4.78, 5) is 1.39. The van der Waals surface area contributed by atoms with Crippen molar-refractivity contribution < 1.29 is 4.74 Å². The summed E-state index contributed by atoms with van der Waals surface area (Å²) in [6, 6.07) is 10.6. The zero-order valence-electron chi connectivity index (χ0n) is 11.3. The Hall–Kier alpha value is -1.36. The normalized spacial score (nSPS) is 12.4. The molecule has 0 aliphatic rings. The molecule has 4 heteroatoms. The van der Waals surface area contributed by atoms with E-state index in [4.69, 9.17) is 10.6 Å². The highest BCUT2D eigenvalue weighted by molar-refractivity contribution is 7.09. The molecule has 1 atom stereocenters. The van der Waals surface area contributed by atoms with E-state index in [0.717, 1.165) is 24.2 Å². The summed E-state index contributed by atoms with van der Waals surface area (Å²) in [6.07, 6.45) is 2.01. The van der Waals surface area contributed by atoms with Gasteiger partial charge in [-0.25, -0.2) is 0 Å². The molecular weight excluding hydrogens is 256 g/mol. The van der Waals surface area contributed by atoms with Crippen LogP contribution in [0, 0.1) is 6.92 Å². The van der Waals surface area contributed by atoms with E-state index in [2.05, 4.69) is 41.1 Å². The Morgan fingerprint density at radius 2 is 2.21 bits per heavy atom. The number of nitrogens with two attached hydrogens (primary N) is 1. The SMILES string of the molecule is COc1cc(C(CCc2cccs2)NN)ccc1C. The molecule has 0 spiro atoms. The van der Waals surface area contributed by atoms with E-state index >= 15 is 0 Å². The number of benzene rings is 1. The molecule has 1 unspecified atom stereocenters. The molecule has 2 rings (SSSR count). The van der Waals surface area contributed by atoms with Gasteiger partial charge in [-0.1, -0.05) is 18.2 Å². The lowest BCUT2D eigenvalue weighted by molar-refractivity contribution is 0.409. The highest BCUT2D eigenvalue weighted by Crippen LogP contribution is 2.26. The molecule has 1 aromatic carbocycles. The summed E-state index contributed by atoms with van der Waals surface area (Å²) in [5, 5.41) is 2.11. The maximum atomic E-state index is 5.69. The van der Waals surface area contributed by atoms with Crippen LogP contribution in [0.5, 0.6) is 5.75 Å². The van der Waals surface area contributed by atoms with E-state index < -0.39 is 0 Å². The Kier molecular flexibility index (Phi) is 4.96. The van der Waals surface area contributed by atoms with Gasteiger partial charge in [-0.3, -0.25) is 11.3 Å². The van der Waals surface area contributed by atoms with Crippen LogP contribution in [0.2, 0.25) is 0 Å². The van der Waals surface area contributed by atoms with Gasteiger partial charge >= 0.3 is 0 Å². The molecule has 1 aromatic heterocycles. The quantitative estimate of drug-likeness (QED) is 0.629. The highest BCUT2D eigenvalue weighted by Gasteiger charge is 2.12. The lowest BCUT2D eigenvalue weighted by atomic mass is 10.0. The van der Waals surface area contributed by atoms with Crippen molar-refractivity contribution in [2.45, 2.75) is 25.8 Å². The lowest BCUT2D eigenvalue weighted by Crippen LogP contribution is -2.28. The van der Waals surface area contributed by atoms with Crippen LogP contribution in [-0.2, 0) is 6.42 Å². The van der Waals surface area contributed by atoms with Gasteiger partial charge in [0.05, 0.1) is 7.11 Å². The van der Waals surface area contributed by atoms with Gasteiger partial charge in [-0.2, -0.15) is 0 Å². The van der Waals surface area contributed by atoms with Crippen molar-refractivity contribution in [3.05, 3.63) is 51.7 Å². The average molecular weight is 276 g/mol. The number of rotatable bonds is 6. The second kappa shape index (κ2) is 6.70. The molecule has 1 heterocycles. The van der Waals surface area contributed by atoms with Crippen LogP contribution < -0.4 is 16.0 Å². The summed E-state index contributed by atoms with van der Waals surface area (Å²) in [5.41, 5.74) is 5.21. The highest BCUT2D eigenvalue weighted by atomic mass is 32.1. The van der Waals surface area contributed by atoms with Gasteiger partial charge in [0.1, 0.15) is 5.75 Å². The van der Waals surface area contributed by atoms with E-state index in [1.807, 2.05) is 6.92 Å². The molecule has 19 heavy (non-hydrogen) atoms. The van der Waals surface area contributed by atoms with Crippen molar-refractivity contribution in [2.75, 3.05) is 7.11 Å². The van der Waals surface area contributed by atoms with Crippen molar-refractivity contribution in [1.82, 2.24) is 5.43 Å². The molecule has 0 saturated heterocycles. The first-order valence-corrected chi connectivity index (χ1v) is 7.25. The molecule has 0 saturated carbocycles. The predicted molar refractivity (Wildman–Crippen MR) is 80.4 cm³/mol. The fourth-order valence-corrected chi connectivity index (χ4v) is 2.87. The Labute approximate surface area is 118 Å². The molecule has 0 radical (unpaired) electrons. The second-order valence-corrected chi connectivity index (χ2v) is 5.60. The summed E-state index contributed by atoms with van der Waals surface area (Å²) in [6.45, 7) is 2.04. The molecule has 2 aromatic rings. The summed E-state index contributed by atoms with van der Waals surface area (Å²) in [5.74, 6) is 6.60. The zero-order valence-corrected chi connectivity index (χ0v) is 12.2. The molecule has 0 fully saturated rings. The van der Waals surface area contributed by atoms with E-state index in [9.17, 15) is 0 Å². The second-order valence-electron chi connectivity index (χ2n) is 4.57. The fourth-order valence-electron chi connectivity index (χ4n) is 2.14. The van der Waals surface area contributed by atoms with Crippen LogP contribution in [-0.4, -0.2) is 7.11 Å². The summed E-state index contributed by atoms with van der Waals surface area (Å²) >= 11 is 1.79. The monoisotopic (exact) mass is 276 g/mol. The van der Waals surface area contributed by atoms with Crippen LogP contribution in [0.3, 0.4) is 0 Å². The number of ether oxygens (including phenoxy) is 1. The number of hydrogen-bond acceptors (Lipinski definition) is 4. The third-order valence-electron chi connectivity index (χ3n) is 3.30. The van der Waals surface area contributed by atoms with Crippen molar-refractivity contribution in [2.24, 2.45) is 5.84 Å². The Morgan fingerprint density at radius 3 is 2.84 bits per heavy atom. The summed E-state index contributed by atoms with van der Waals surface area (Å²) in [7, 11) is 1.70. The molecule has 0 bridgehead atoms. The maximum Gasteiger partial charge on any atom is 0.122 e. The minimum atomic E-state index is 0.150. The minimum Gasteiger partial charge on any atom is -0.496 e. The van der Waals surface area contributed by atoms with Crippen LogP contribution in [0.15, 0.2) is 35.7 Å². The molecule has 3 N–H and O–H groups in total. The van der Waals surface area contributed by atoms with Crippen molar-refractivity contribution in [3.63, 3.8) is 0 Å². The van der Waals surface area contributed by atoms with E-state index in [1.165, 1.54) is 10.4 Å². The van der Waals surface area contributed by atoms with Gasteiger partial charge in [0, 0.05) is 10.9 Å². The van der Waals surface area contributed by atoms with E-state index in [-0.39, 0.29) is 6.04 Å². The first-order chi connectivity index (χ1) is 9.24. The van der Waals surface area contributed by atoms with Gasteiger partial charge < -0.3 is 4.74 Å². The van der Waals surface area contributed by atoms with Gasteiger partial charge in [-0.05, 0) is 48.4 Å². The number of thiophene rings is 1. The Balaban J connectivity index is 2.08. The molecular formula is C15H20N2OS. The number of methoxy groups -OCH3 is 1.